The fraction of sp³-hybridized carbons (Fsp3) is 0.886. The number of aliphatic hydroxyl groups excluding tert-OH is 2. The second-order valence-electron chi connectivity index (χ2n) is 12.3. The highest BCUT2D eigenvalue weighted by Gasteiger charge is 2.27. The number of allylic oxidation sites excluding steroid dienone is 2. The average molecular weight is 679 g/mol. The Morgan fingerprint density at radius 2 is 1.07 bits per heavy atom. The third-order valence-electron chi connectivity index (χ3n) is 7.67. The molecule has 0 aromatic heterocycles. The van der Waals surface area contributed by atoms with Crippen LogP contribution in [0.4, 0.5) is 0 Å². The van der Waals surface area contributed by atoms with Gasteiger partial charge in [-0.25, -0.2) is 4.57 Å². The lowest BCUT2D eigenvalue weighted by molar-refractivity contribution is -0.161. The van der Waals surface area contributed by atoms with Gasteiger partial charge in [0.2, 0.25) is 0 Å². The van der Waals surface area contributed by atoms with Crippen LogP contribution >= 0.6 is 7.82 Å². The summed E-state index contributed by atoms with van der Waals surface area (Å²) < 4.78 is 32.5. The Kier molecular flexibility index (Phi) is 31.4. The summed E-state index contributed by atoms with van der Waals surface area (Å²) in [5.41, 5.74) is 0. The highest BCUT2D eigenvalue weighted by Crippen LogP contribution is 2.43. The van der Waals surface area contributed by atoms with Crippen molar-refractivity contribution in [1.82, 2.24) is 0 Å². The molecule has 10 nitrogen and oxygen atoms in total. The number of hydrogen-bond donors (Lipinski definition) is 3. The van der Waals surface area contributed by atoms with E-state index in [-0.39, 0.29) is 19.4 Å². The number of phosphoric ester groups is 1. The Hall–Kier alpha value is -1.29. The third-order valence-corrected chi connectivity index (χ3v) is 8.62. The first-order valence-corrected chi connectivity index (χ1v) is 19.6. The third kappa shape index (κ3) is 31.3. The fourth-order valence-electron chi connectivity index (χ4n) is 4.81. The van der Waals surface area contributed by atoms with Gasteiger partial charge in [-0.1, -0.05) is 122 Å². The van der Waals surface area contributed by atoms with Crippen LogP contribution in [0.15, 0.2) is 12.2 Å². The minimum Gasteiger partial charge on any atom is -0.462 e. The minimum absolute atomic E-state index is 0.177. The van der Waals surface area contributed by atoms with Crippen molar-refractivity contribution in [2.24, 2.45) is 0 Å². The normalized spacial score (nSPS) is 14.3. The Balaban J connectivity index is 4.41. The van der Waals surface area contributed by atoms with Crippen LogP contribution < -0.4 is 0 Å². The lowest BCUT2D eigenvalue weighted by Gasteiger charge is -2.20. The fourth-order valence-corrected chi connectivity index (χ4v) is 5.60. The van der Waals surface area contributed by atoms with E-state index in [1.165, 1.54) is 64.2 Å². The number of carbonyl (C=O) groups is 2. The van der Waals surface area contributed by atoms with Gasteiger partial charge in [-0.3, -0.25) is 18.6 Å². The molecule has 0 aliphatic heterocycles. The Labute approximate surface area is 279 Å². The van der Waals surface area contributed by atoms with Gasteiger partial charge in [-0.2, -0.15) is 0 Å². The molecule has 0 saturated carbocycles. The van der Waals surface area contributed by atoms with Crippen molar-refractivity contribution < 1.29 is 47.8 Å². The number of rotatable bonds is 34. The minimum atomic E-state index is -4.60. The molecule has 3 atom stereocenters. The van der Waals surface area contributed by atoms with E-state index in [9.17, 15) is 24.2 Å². The quantitative estimate of drug-likeness (QED) is 0.0262. The van der Waals surface area contributed by atoms with Gasteiger partial charge in [0.05, 0.1) is 19.8 Å². The summed E-state index contributed by atoms with van der Waals surface area (Å²) in [5, 5.41) is 18.2. The van der Waals surface area contributed by atoms with Crippen molar-refractivity contribution in [3.63, 3.8) is 0 Å². The molecule has 0 aliphatic carbocycles. The number of hydrogen-bond acceptors (Lipinski definition) is 9. The Morgan fingerprint density at radius 3 is 1.61 bits per heavy atom. The molecule has 46 heavy (non-hydrogen) atoms. The molecule has 3 N–H and O–H groups in total. The highest BCUT2D eigenvalue weighted by atomic mass is 31.2. The summed E-state index contributed by atoms with van der Waals surface area (Å²) in [5.74, 6) is -0.934. The van der Waals surface area contributed by atoms with Crippen LogP contribution in [0.3, 0.4) is 0 Å². The summed E-state index contributed by atoms with van der Waals surface area (Å²) in [6, 6.07) is 0. The van der Waals surface area contributed by atoms with Crippen LogP contribution in [0.1, 0.15) is 162 Å². The number of aliphatic hydroxyl groups is 2. The lowest BCUT2D eigenvalue weighted by Crippen LogP contribution is -2.29. The summed E-state index contributed by atoms with van der Waals surface area (Å²) in [6.45, 7) is 2.32. The highest BCUT2D eigenvalue weighted by molar-refractivity contribution is 7.47. The number of unbranched alkanes of at least 4 members (excludes halogenated alkanes) is 18. The first kappa shape index (κ1) is 44.7. The topological polar surface area (TPSA) is 149 Å². The van der Waals surface area contributed by atoms with E-state index in [0.717, 1.165) is 57.8 Å². The van der Waals surface area contributed by atoms with Crippen LogP contribution in [0.5, 0.6) is 0 Å². The molecule has 0 aromatic rings. The predicted molar refractivity (Wildman–Crippen MR) is 182 cm³/mol. The monoisotopic (exact) mass is 678 g/mol. The van der Waals surface area contributed by atoms with E-state index < -0.39 is 51.8 Å². The van der Waals surface area contributed by atoms with Crippen LogP contribution in [0.2, 0.25) is 0 Å². The van der Waals surface area contributed by atoms with Crippen LogP contribution in [-0.4, -0.2) is 65.7 Å². The zero-order valence-corrected chi connectivity index (χ0v) is 29.9. The molecule has 0 fully saturated rings. The molecule has 0 rings (SSSR count). The molecule has 0 amide bonds. The zero-order chi connectivity index (χ0) is 34.1. The van der Waals surface area contributed by atoms with Crippen molar-refractivity contribution in [3.05, 3.63) is 12.2 Å². The Morgan fingerprint density at radius 1 is 0.630 bits per heavy atom. The van der Waals surface area contributed by atoms with Gasteiger partial charge in [-0.15, -0.1) is 0 Å². The van der Waals surface area contributed by atoms with Gasteiger partial charge in [0.15, 0.2) is 6.10 Å². The maximum absolute atomic E-state index is 12.5. The molecule has 272 valence electrons. The maximum atomic E-state index is 12.5. The number of ether oxygens (including phenoxy) is 2. The van der Waals surface area contributed by atoms with Crippen molar-refractivity contribution in [3.8, 4) is 0 Å². The molecule has 0 bridgehead atoms. The summed E-state index contributed by atoms with van der Waals surface area (Å²) in [6.07, 6.45) is 26.1. The zero-order valence-electron chi connectivity index (χ0n) is 29.0. The van der Waals surface area contributed by atoms with Crippen molar-refractivity contribution in [2.45, 2.75) is 174 Å². The van der Waals surface area contributed by atoms with Crippen LogP contribution in [0.25, 0.3) is 0 Å². The van der Waals surface area contributed by atoms with E-state index in [4.69, 9.17) is 19.1 Å². The van der Waals surface area contributed by atoms with Gasteiger partial charge >= 0.3 is 19.8 Å². The van der Waals surface area contributed by atoms with Crippen molar-refractivity contribution in [2.75, 3.05) is 26.4 Å². The van der Waals surface area contributed by atoms with Gasteiger partial charge in [0.1, 0.15) is 12.7 Å². The summed E-state index contributed by atoms with van der Waals surface area (Å²) >= 11 is 0. The number of phosphoric acid groups is 1. The molecule has 0 spiro atoms. The first-order chi connectivity index (χ1) is 22.2. The molecule has 0 saturated heterocycles. The first-order valence-electron chi connectivity index (χ1n) is 18.1. The van der Waals surface area contributed by atoms with E-state index in [2.05, 4.69) is 30.5 Å². The van der Waals surface area contributed by atoms with Gasteiger partial charge in [0.25, 0.3) is 0 Å². The van der Waals surface area contributed by atoms with E-state index in [0.29, 0.717) is 12.8 Å². The maximum Gasteiger partial charge on any atom is 0.472 e. The largest absolute Gasteiger partial charge is 0.472 e. The SMILES string of the molecule is CCCCC/C=C/CCCCCCCC(=O)O[C@H](COC(=O)CCCCCCCCCCCCC)COP(=O)(O)OC[C@@H](O)CO. The molecular weight excluding hydrogens is 611 g/mol. The van der Waals surface area contributed by atoms with Crippen LogP contribution in [0, 0.1) is 0 Å². The van der Waals surface area contributed by atoms with Gasteiger partial charge < -0.3 is 24.6 Å². The molecule has 1 unspecified atom stereocenters. The predicted octanol–water partition coefficient (Wildman–Crippen LogP) is 8.50. The molecule has 11 heteroatoms. The lowest BCUT2D eigenvalue weighted by atomic mass is 10.1. The van der Waals surface area contributed by atoms with E-state index >= 15 is 0 Å². The smallest absolute Gasteiger partial charge is 0.462 e. The number of esters is 2. The van der Waals surface area contributed by atoms with E-state index in [1.54, 1.807) is 0 Å². The second kappa shape index (κ2) is 32.3. The average Bonchev–Trinajstić information content (AvgIpc) is 3.04. The van der Waals surface area contributed by atoms with Crippen molar-refractivity contribution >= 4 is 19.8 Å². The van der Waals surface area contributed by atoms with Gasteiger partial charge in [0, 0.05) is 12.8 Å². The van der Waals surface area contributed by atoms with Crippen LogP contribution in [-0.2, 0) is 32.7 Å². The standard InChI is InChI=1S/C35H67O10P/c1-3-5-7-9-11-13-15-17-19-21-23-25-27-35(39)45-33(31-44-46(40,41)43-29-32(37)28-36)30-42-34(38)26-24-22-20-18-16-14-12-10-8-6-4-2/h11,13,32-33,36-37H,3-10,12,14-31H2,1-2H3,(H,40,41)/b13-11+/t32-,33+/m0/s1. The van der Waals surface area contributed by atoms with Crippen molar-refractivity contribution in [1.29, 1.82) is 0 Å². The molecule has 0 radical (unpaired) electrons. The second-order valence-corrected chi connectivity index (χ2v) is 13.7. The summed E-state index contributed by atoms with van der Waals surface area (Å²) in [7, 11) is -4.60. The molecule has 0 heterocycles. The molecule has 0 aliphatic rings. The number of carbonyl (C=O) groups excluding carboxylic acids is 2. The molecular formula is C35H67O10P. The summed E-state index contributed by atoms with van der Waals surface area (Å²) in [4.78, 5) is 34.7. The van der Waals surface area contributed by atoms with E-state index in [1.807, 2.05) is 0 Å². The van der Waals surface area contributed by atoms with Gasteiger partial charge in [-0.05, 0) is 38.5 Å². The molecule has 0 aromatic carbocycles. The Bertz CT molecular complexity index is 791.